The Morgan fingerprint density at radius 2 is 1.62 bits per heavy atom. The Hall–Kier alpha value is -2.89. The van der Waals surface area contributed by atoms with Gasteiger partial charge in [-0.15, -0.1) is 0 Å². The maximum absolute atomic E-state index is 12.1. The summed E-state index contributed by atoms with van der Waals surface area (Å²) in [6.07, 6.45) is 4.15. The fraction of sp³-hybridized carbons (Fsp3) is 0.350. The third-order valence-corrected chi connectivity index (χ3v) is 4.35. The number of aromatic nitrogens is 2. The number of carbonyl (C=O) groups excluding carboxylic acids is 1. The zero-order valence-electron chi connectivity index (χ0n) is 15.8. The number of hydrogen-bond donors (Lipinski definition) is 1. The maximum Gasteiger partial charge on any atom is 0.330 e. The normalized spacial score (nSPS) is 12.5. The van der Waals surface area contributed by atoms with Crippen molar-refractivity contribution in [2.75, 3.05) is 0 Å². The van der Waals surface area contributed by atoms with Crippen LogP contribution in [0.2, 0.25) is 0 Å². The van der Waals surface area contributed by atoms with Crippen LogP contribution < -0.4 is 16.6 Å². The van der Waals surface area contributed by atoms with Gasteiger partial charge in [0.15, 0.2) is 0 Å². The Morgan fingerprint density at radius 3 is 2.19 bits per heavy atom. The topological polar surface area (TPSA) is 73.1 Å². The number of benzene rings is 1. The molecular weight excluding hydrogens is 330 g/mol. The monoisotopic (exact) mass is 355 g/mol. The molecular formula is C20H25N3O3. The van der Waals surface area contributed by atoms with Gasteiger partial charge in [-0.2, -0.15) is 0 Å². The van der Waals surface area contributed by atoms with Crippen molar-refractivity contribution < 1.29 is 4.79 Å². The molecule has 0 aliphatic rings. The molecule has 2 aromatic rings. The second kappa shape index (κ2) is 7.99. The number of hydrogen-bond acceptors (Lipinski definition) is 3. The SMILES string of the molecule is CC(C)c1ccc(C(C)NC(=O)/C=C/c2cn(C)c(=O)n(C)c2=O)cc1. The fourth-order valence-electron chi connectivity index (χ4n) is 2.63. The molecule has 26 heavy (non-hydrogen) atoms. The number of carbonyl (C=O) groups is 1. The highest BCUT2D eigenvalue weighted by Gasteiger charge is 2.09. The lowest BCUT2D eigenvalue weighted by Gasteiger charge is -2.14. The van der Waals surface area contributed by atoms with Crippen molar-refractivity contribution in [3.05, 3.63) is 74.1 Å². The smallest absolute Gasteiger partial charge is 0.330 e. The first-order valence-corrected chi connectivity index (χ1v) is 8.55. The number of aryl methyl sites for hydroxylation is 1. The largest absolute Gasteiger partial charge is 0.346 e. The molecule has 0 radical (unpaired) electrons. The molecule has 6 nitrogen and oxygen atoms in total. The Labute approximate surface area is 152 Å². The van der Waals surface area contributed by atoms with Gasteiger partial charge in [0.05, 0.1) is 11.6 Å². The molecule has 0 saturated carbocycles. The van der Waals surface area contributed by atoms with Crippen LogP contribution in [0.3, 0.4) is 0 Å². The van der Waals surface area contributed by atoms with E-state index in [0.717, 1.165) is 10.1 Å². The van der Waals surface area contributed by atoms with Crippen molar-refractivity contribution >= 4 is 12.0 Å². The molecule has 1 heterocycles. The Balaban J connectivity index is 2.10. The first-order chi connectivity index (χ1) is 12.2. The average molecular weight is 355 g/mol. The third kappa shape index (κ3) is 4.39. The van der Waals surface area contributed by atoms with Crippen LogP contribution in [0, 0.1) is 0 Å². The van der Waals surface area contributed by atoms with E-state index in [1.165, 1.54) is 35.5 Å². The van der Waals surface area contributed by atoms with Crippen molar-refractivity contribution in [3.63, 3.8) is 0 Å². The van der Waals surface area contributed by atoms with Gasteiger partial charge in [-0.05, 0) is 30.0 Å². The van der Waals surface area contributed by atoms with E-state index in [4.69, 9.17) is 0 Å². The van der Waals surface area contributed by atoms with Gasteiger partial charge in [-0.3, -0.25) is 14.2 Å². The van der Waals surface area contributed by atoms with Crippen LogP contribution >= 0.6 is 0 Å². The van der Waals surface area contributed by atoms with Crippen LogP contribution in [0.1, 0.15) is 49.4 Å². The summed E-state index contributed by atoms with van der Waals surface area (Å²) >= 11 is 0. The van der Waals surface area contributed by atoms with E-state index >= 15 is 0 Å². The maximum atomic E-state index is 12.1. The summed E-state index contributed by atoms with van der Waals surface area (Å²) in [6, 6.07) is 7.98. The van der Waals surface area contributed by atoms with Crippen LogP contribution in [-0.2, 0) is 18.9 Å². The summed E-state index contributed by atoms with van der Waals surface area (Å²) in [5.41, 5.74) is 1.69. The molecule has 138 valence electrons. The molecule has 1 amide bonds. The molecule has 0 aliphatic carbocycles. The number of nitrogens with one attached hydrogen (secondary N) is 1. The minimum atomic E-state index is -0.436. The number of nitrogens with zero attached hydrogens (tertiary/aromatic N) is 2. The molecule has 0 aliphatic heterocycles. The number of rotatable bonds is 5. The van der Waals surface area contributed by atoms with Gasteiger partial charge >= 0.3 is 5.69 Å². The van der Waals surface area contributed by atoms with Gasteiger partial charge in [0.1, 0.15) is 0 Å². The fourth-order valence-corrected chi connectivity index (χ4v) is 2.63. The van der Waals surface area contributed by atoms with Gasteiger partial charge in [-0.1, -0.05) is 38.1 Å². The lowest BCUT2D eigenvalue weighted by Crippen LogP contribution is -2.37. The minimum absolute atomic E-state index is 0.156. The molecule has 1 N–H and O–H groups in total. The summed E-state index contributed by atoms with van der Waals surface area (Å²) in [7, 11) is 2.97. The molecule has 0 bridgehead atoms. The Bertz CT molecular complexity index is 934. The van der Waals surface area contributed by atoms with Gasteiger partial charge < -0.3 is 9.88 Å². The predicted molar refractivity (Wildman–Crippen MR) is 103 cm³/mol. The Morgan fingerprint density at radius 1 is 1.04 bits per heavy atom. The molecule has 6 heteroatoms. The van der Waals surface area contributed by atoms with Crippen molar-refractivity contribution in [2.45, 2.75) is 32.7 Å². The van der Waals surface area contributed by atoms with E-state index in [9.17, 15) is 14.4 Å². The van der Waals surface area contributed by atoms with E-state index in [-0.39, 0.29) is 17.5 Å². The van der Waals surface area contributed by atoms with Crippen LogP contribution in [0.15, 0.2) is 46.1 Å². The molecule has 0 fully saturated rings. The highest BCUT2D eigenvalue weighted by Crippen LogP contribution is 2.18. The van der Waals surface area contributed by atoms with E-state index in [1.54, 1.807) is 7.05 Å². The summed E-state index contributed by atoms with van der Waals surface area (Å²) in [5, 5.41) is 2.87. The van der Waals surface area contributed by atoms with Crippen molar-refractivity contribution in [2.24, 2.45) is 14.1 Å². The van der Waals surface area contributed by atoms with Crippen LogP contribution in [0.25, 0.3) is 6.08 Å². The van der Waals surface area contributed by atoms with Gasteiger partial charge in [0.2, 0.25) is 5.91 Å². The van der Waals surface area contributed by atoms with Gasteiger partial charge in [0, 0.05) is 26.4 Å². The molecule has 0 saturated heterocycles. The zero-order valence-corrected chi connectivity index (χ0v) is 15.8. The summed E-state index contributed by atoms with van der Waals surface area (Å²) in [4.78, 5) is 35.9. The molecule has 1 aromatic carbocycles. The summed E-state index contributed by atoms with van der Waals surface area (Å²) in [6.45, 7) is 6.17. The minimum Gasteiger partial charge on any atom is -0.346 e. The lowest BCUT2D eigenvalue weighted by molar-refractivity contribution is -0.117. The second-order valence-electron chi connectivity index (χ2n) is 6.73. The second-order valence-corrected chi connectivity index (χ2v) is 6.73. The first kappa shape index (κ1) is 19.4. The molecule has 1 aromatic heterocycles. The van der Waals surface area contributed by atoms with Crippen molar-refractivity contribution in [3.8, 4) is 0 Å². The third-order valence-electron chi connectivity index (χ3n) is 4.35. The molecule has 1 atom stereocenters. The molecule has 0 spiro atoms. The van der Waals surface area contributed by atoms with E-state index in [2.05, 4.69) is 31.3 Å². The average Bonchev–Trinajstić information content (AvgIpc) is 2.61. The standard InChI is InChI=1S/C20H25N3O3/c1-13(2)15-6-8-16(9-7-15)14(3)21-18(24)11-10-17-12-22(4)20(26)23(5)19(17)25/h6-14H,1-5H3,(H,21,24)/b11-10+. The van der Waals surface area contributed by atoms with E-state index < -0.39 is 11.2 Å². The van der Waals surface area contributed by atoms with Crippen LogP contribution in [0.4, 0.5) is 0 Å². The predicted octanol–water partition coefficient (Wildman–Crippen LogP) is 2.10. The highest BCUT2D eigenvalue weighted by molar-refractivity contribution is 5.91. The van der Waals surface area contributed by atoms with E-state index in [0.29, 0.717) is 5.92 Å². The number of amides is 1. The summed E-state index contributed by atoms with van der Waals surface area (Å²) < 4.78 is 2.31. The van der Waals surface area contributed by atoms with Gasteiger partial charge in [0.25, 0.3) is 5.56 Å². The molecule has 2 rings (SSSR count). The summed E-state index contributed by atoms with van der Waals surface area (Å²) in [5.74, 6) is 0.155. The van der Waals surface area contributed by atoms with Crippen LogP contribution in [-0.4, -0.2) is 15.0 Å². The quantitative estimate of drug-likeness (QED) is 0.835. The lowest BCUT2D eigenvalue weighted by atomic mass is 9.99. The first-order valence-electron chi connectivity index (χ1n) is 8.55. The molecule has 1 unspecified atom stereocenters. The van der Waals surface area contributed by atoms with E-state index in [1.807, 2.05) is 19.1 Å². The van der Waals surface area contributed by atoms with Crippen LogP contribution in [0.5, 0.6) is 0 Å². The van der Waals surface area contributed by atoms with Gasteiger partial charge in [-0.25, -0.2) is 4.79 Å². The van der Waals surface area contributed by atoms with Crippen molar-refractivity contribution in [1.29, 1.82) is 0 Å². The zero-order chi connectivity index (χ0) is 19.4. The van der Waals surface area contributed by atoms with Crippen molar-refractivity contribution in [1.82, 2.24) is 14.5 Å². The Kier molecular flexibility index (Phi) is 5.97. The highest BCUT2D eigenvalue weighted by atomic mass is 16.2.